The van der Waals surface area contributed by atoms with E-state index < -0.39 is 11.6 Å². The summed E-state index contributed by atoms with van der Waals surface area (Å²) in [5.41, 5.74) is 8.06. The molecule has 0 atom stereocenters. The molecule has 0 saturated carbocycles. The molecule has 0 unspecified atom stereocenters. The lowest BCUT2D eigenvalue weighted by molar-refractivity contribution is 0.584. The molecule has 1 heterocycles. The summed E-state index contributed by atoms with van der Waals surface area (Å²) in [7, 11) is 0. The zero-order valence-electron chi connectivity index (χ0n) is 10.7. The van der Waals surface area contributed by atoms with E-state index >= 15 is 0 Å². The van der Waals surface area contributed by atoms with Gasteiger partial charge in [0.15, 0.2) is 0 Å². The van der Waals surface area contributed by atoms with E-state index in [1.807, 2.05) is 6.07 Å². The molecule has 0 aliphatic rings. The monoisotopic (exact) mass is 349 g/mol. The van der Waals surface area contributed by atoms with Crippen LogP contribution in [0.5, 0.6) is 0 Å². The molecule has 0 fully saturated rings. The zero-order valence-corrected chi connectivity index (χ0v) is 12.3. The number of anilines is 3. The predicted molar refractivity (Wildman–Crippen MR) is 83.5 cm³/mol. The second-order valence-electron chi connectivity index (χ2n) is 4.54. The van der Waals surface area contributed by atoms with Gasteiger partial charge in [0.05, 0.1) is 11.2 Å². The minimum Gasteiger partial charge on any atom is -0.398 e. The Morgan fingerprint density at radius 3 is 2.48 bits per heavy atom. The van der Waals surface area contributed by atoms with Crippen LogP contribution < -0.4 is 11.1 Å². The van der Waals surface area contributed by atoms with Gasteiger partial charge in [-0.05, 0) is 46.3 Å². The Hall–Kier alpha value is -2.21. The Balaban J connectivity index is 2.10. The van der Waals surface area contributed by atoms with E-state index in [-0.39, 0.29) is 0 Å². The molecule has 6 heteroatoms. The molecule has 0 radical (unpaired) electrons. The number of halogens is 3. The van der Waals surface area contributed by atoms with Crippen molar-refractivity contribution in [3.05, 3.63) is 58.7 Å². The molecule has 3 nitrogen and oxygen atoms in total. The molecule has 1 aromatic heterocycles. The Bertz CT molecular complexity index is 816. The van der Waals surface area contributed by atoms with Crippen molar-refractivity contribution in [3.8, 4) is 0 Å². The first-order chi connectivity index (χ1) is 10.0. The number of nitrogen functional groups attached to an aromatic ring is 1. The number of rotatable bonds is 2. The van der Waals surface area contributed by atoms with Crippen LogP contribution in [0.2, 0.25) is 0 Å². The average molecular weight is 350 g/mol. The molecule has 0 bridgehead atoms. The number of hydrogen-bond donors (Lipinski definition) is 2. The lowest BCUT2D eigenvalue weighted by Gasteiger charge is -2.11. The van der Waals surface area contributed by atoms with E-state index in [0.717, 1.165) is 15.9 Å². The molecule has 0 aliphatic heterocycles. The highest BCUT2D eigenvalue weighted by Gasteiger charge is 2.08. The summed E-state index contributed by atoms with van der Waals surface area (Å²) in [4.78, 5) is 4.31. The van der Waals surface area contributed by atoms with Gasteiger partial charge in [0.2, 0.25) is 0 Å². The Morgan fingerprint density at radius 1 is 1.05 bits per heavy atom. The highest BCUT2D eigenvalue weighted by molar-refractivity contribution is 9.10. The molecule has 21 heavy (non-hydrogen) atoms. The van der Waals surface area contributed by atoms with Gasteiger partial charge in [-0.3, -0.25) is 4.98 Å². The quantitative estimate of drug-likeness (QED) is 0.664. The highest BCUT2D eigenvalue weighted by atomic mass is 79.9. The van der Waals surface area contributed by atoms with Crippen LogP contribution >= 0.6 is 15.9 Å². The molecule has 3 aromatic rings. The van der Waals surface area contributed by atoms with Crippen LogP contribution in [-0.2, 0) is 0 Å². The molecule has 0 saturated heterocycles. The summed E-state index contributed by atoms with van der Waals surface area (Å²) in [6.45, 7) is 0. The van der Waals surface area contributed by atoms with Crippen molar-refractivity contribution in [2.75, 3.05) is 11.1 Å². The average Bonchev–Trinajstić information content (AvgIpc) is 2.41. The van der Waals surface area contributed by atoms with Crippen molar-refractivity contribution in [2.24, 2.45) is 0 Å². The van der Waals surface area contributed by atoms with Gasteiger partial charge < -0.3 is 11.1 Å². The predicted octanol–water partition coefficient (Wildman–Crippen LogP) is 4.60. The number of nitrogens with one attached hydrogen (secondary N) is 1. The maximum Gasteiger partial charge on any atom is 0.128 e. The van der Waals surface area contributed by atoms with Crippen molar-refractivity contribution in [1.29, 1.82) is 0 Å². The third kappa shape index (κ3) is 2.80. The Labute approximate surface area is 127 Å². The van der Waals surface area contributed by atoms with E-state index in [1.54, 1.807) is 18.3 Å². The first kappa shape index (κ1) is 13.8. The lowest BCUT2D eigenvalue weighted by atomic mass is 10.1. The van der Waals surface area contributed by atoms with Crippen LogP contribution in [0, 0.1) is 11.6 Å². The first-order valence-electron chi connectivity index (χ1n) is 6.10. The van der Waals surface area contributed by atoms with Crippen LogP contribution in [0.1, 0.15) is 0 Å². The summed E-state index contributed by atoms with van der Waals surface area (Å²) >= 11 is 3.34. The molecule has 0 amide bonds. The van der Waals surface area contributed by atoms with Crippen molar-refractivity contribution < 1.29 is 8.78 Å². The van der Waals surface area contributed by atoms with E-state index in [4.69, 9.17) is 5.73 Å². The summed E-state index contributed by atoms with van der Waals surface area (Å²) in [5.74, 6) is -1.29. The first-order valence-corrected chi connectivity index (χ1v) is 6.89. The topological polar surface area (TPSA) is 50.9 Å². The van der Waals surface area contributed by atoms with Gasteiger partial charge >= 0.3 is 0 Å². The Morgan fingerprint density at radius 2 is 1.76 bits per heavy atom. The smallest absolute Gasteiger partial charge is 0.128 e. The van der Waals surface area contributed by atoms with Gasteiger partial charge in [0.1, 0.15) is 11.6 Å². The van der Waals surface area contributed by atoms with E-state index in [9.17, 15) is 8.78 Å². The van der Waals surface area contributed by atoms with Crippen molar-refractivity contribution in [2.45, 2.75) is 0 Å². The molecule has 106 valence electrons. The number of nitrogens with two attached hydrogens (primary N) is 1. The van der Waals surface area contributed by atoms with Gasteiger partial charge in [-0.1, -0.05) is 0 Å². The van der Waals surface area contributed by atoms with Crippen LogP contribution in [0.4, 0.5) is 25.8 Å². The second-order valence-corrected chi connectivity index (χ2v) is 5.45. The van der Waals surface area contributed by atoms with Gasteiger partial charge in [-0.2, -0.15) is 0 Å². The second kappa shape index (κ2) is 5.29. The van der Waals surface area contributed by atoms with E-state index in [0.29, 0.717) is 22.6 Å². The summed E-state index contributed by atoms with van der Waals surface area (Å²) in [6, 6.07) is 8.53. The van der Waals surface area contributed by atoms with Gasteiger partial charge in [-0.25, -0.2) is 8.78 Å². The third-order valence-electron chi connectivity index (χ3n) is 2.99. The van der Waals surface area contributed by atoms with Crippen molar-refractivity contribution >= 4 is 43.9 Å². The fourth-order valence-electron chi connectivity index (χ4n) is 2.10. The minimum atomic E-state index is -0.645. The number of pyridine rings is 1. The third-order valence-corrected chi connectivity index (χ3v) is 3.43. The number of nitrogens with zero attached hydrogens (tertiary/aromatic N) is 1. The van der Waals surface area contributed by atoms with Gasteiger partial charge in [0.25, 0.3) is 0 Å². The highest BCUT2D eigenvalue weighted by Crippen LogP contribution is 2.31. The summed E-state index contributed by atoms with van der Waals surface area (Å²) in [6.07, 6.45) is 1.64. The van der Waals surface area contributed by atoms with Gasteiger partial charge in [-0.15, -0.1) is 0 Å². The number of aromatic nitrogens is 1. The van der Waals surface area contributed by atoms with Crippen molar-refractivity contribution in [1.82, 2.24) is 4.98 Å². The number of hydrogen-bond acceptors (Lipinski definition) is 3. The van der Waals surface area contributed by atoms with Crippen LogP contribution in [-0.4, -0.2) is 4.98 Å². The summed E-state index contributed by atoms with van der Waals surface area (Å²) < 4.78 is 27.3. The maximum atomic E-state index is 13.2. The molecule has 0 aliphatic carbocycles. The molecular formula is C15H10BrF2N3. The SMILES string of the molecule is Nc1ccc(Nc2cc(F)cc(F)c2)c2ncc(Br)cc12. The van der Waals surface area contributed by atoms with E-state index in [2.05, 4.69) is 26.2 Å². The molecule has 0 spiro atoms. The lowest BCUT2D eigenvalue weighted by Crippen LogP contribution is -1.97. The van der Waals surface area contributed by atoms with E-state index in [1.165, 1.54) is 12.1 Å². The fourth-order valence-corrected chi connectivity index (χ4v) is 2.43. The molecule has 2 aromatic carbocycles. The number of fused-ring (bicyclic) bond motifs is 1. The molecular weight excluding hydrogens is 340 g/mol. The van der Waals surface area contributed by atoms with Crippen LogP contribution in [0.15, 0.2) is 47.1 Å². The number of benzene rings is 2. The van der Waals surface area contributed by atoms with Crippen molar-refractivity contribution in [3.63, 3.8) is 0 Å². The maximum absolute atomic E-state index is 13.2. The van der Waals surface area contributed by atoms with Gasteiger partial charge in [0, 0.05) is 33.5 Å². The minimum absolute atomic E-state index is 0.309. The normalized spacial score (nSPS) is 10.8. The largest absolute Gasteiger partial charge is 0.398 e. The zero-order chi connectivity index (χ0) is 15.0. The summed E-state index contributed by atoms with van der Waals surface area (Å²) in [5, 5.41) is 3.72. The standard InChI is InChI=1S/C15H10BrF2N3/c16-8-3-12-13(19)1-2-14(15(12)20-7-8)21-11-5-9(17)4-10(18)6-11/h1-7,21H,19H2. The van der Waals surface area contributed by atoms with Crippen LogP contribution in [0.3, 0.4) is 0 Å². The van der Waals surface area contributed by atoms with Crippen LogP contribution in [0.25, 0.3) is 10.9 Å². The fraction of sp³-hybridized carbons (Fsp3) is 0. The molecule has 3 N–H and O–H groups in total. The Kier molecular flexibility index (Phi) is 3.47. The molecule has 3 rings (SSSR count).